The molecule has 0 heterocycles. The van der Waals surface area contributed by atoms with E-state index in [0.717, 1.165) is 0 Å². The zero-order valence-electron chi connectivity index (χ0n) is 22.8. The minimum absolute atomic E-state index is 0.00201. The Balaban J connectivity index is 3.17. The molecule has 1 aromatic carbocycles. The van der Waals surface area contributed by atoms with Crippen molar-refractivity contribution >= 4 is 35.6 Å². The molecule has 16 nitrogen and oxygen atoms in total. The van der Waals surface area contributed by atoms with Crippen LogP contribution in [0.15, 0.2) is 29.3 Å². The number of hydrogen-bond donors (Lipinski definition) is 10. The maximum absolute atomic E-state index is 13.4. The van der Waals surface area contributed by atoms with Crippen LogP contribution >= 0.6 is 0 Å². The number of hydrogen-bond acceptors (Lipinski definition) is 9. The van der Waals surface area contributed by atoms with Crippen molar-refractivity contribution in [2.75, 3.05) is 13.1 Å². The molecule has 1 rings (SSSR count). The van der Waals surface area contributed by atoms with Gasteiger partial charge >= 0.3 is 5.97 Å². The summed E-state index contributed by atoms with van der Waals surface area (Å²) in [6, 6.07) is 0.917. The van der Waals surface area contributed by atoms with Gasteiger partial charge < -0.3 is 54.8 Å². The van der Waals surface area contributed by atoms with E-state index in [1.807, 2.05) is 0 Å². The summed E-state index contributed by atoms with van der Waals surface area (Å²) in [4.78, 5) is 65.9. The molecule has 0 aliphatic heterocycles. The number of rotatable bonds is 19. The summed E-state index contributed by atoms with van der Waals surface area (Å²) in [6.45, 7) is 0.548. The molecule has 4 unspecified atom stereocenters. The van der Waals surface area contributed by atoms with Crippen LogP contribution in [0.25, 0.3) is 0 Å². The summed E-state index contributed by atoms with van der Waals surface area (Å²) < 4.78 is 0. The van der Waals surface area contributed by atoms with Gasteiger partial charge in [0.25, 0.3) is 0 Å². The van der Waals surface area contributed by atoms with Crippen LogP contribution in [-0.4, -0.2) is 83.0 Å². The molecule has 0 fully saturated rings. The number of benzene rings is 1. The van der Waals surface area contributed by atoms with Gasteiger partial charge in [0, 0.05) is 13.0 Å². The Morgan fingerprint density at radius 1 is 0.805 bits per heavy atom. The number of carboxylic acids is 1. The molecule has 0 saturated carbocycles. The first-order valence-corrected chi connectivity index (χ1v) is 13.0. The molecule has 0 bridgehead atoms. The van der Waals surface area contributed by atoms with Crippen LogP contribution < -0.4 is 44.6 Å². The average Bonchev–Trinajstić information content (AvgIpc) is 2.90. The van der Waals surface area contributed by atoms with E-state index < -0.39 is 60.2 Å². The highest BCUT2D eigenvalue weighted by Crippen LogP contribution is 2.12. The number of guanidine groups is 1. The molecule has 0 saturated heterocycles. The second kappa shape index (κ2) is 18.0. The highest BCUT2D eigenvalue weighted by atomic mass is 16.4. The Kier molecular flexibility index (Phi) is 15.2. The van der Waals surface area contributed by atoms with E-state index in [4.69, 9.17) is 28.7 Å². The summed E-state index contributed by atoms with van der Waals surface area (Å²) in [7, 11) is 0. The number of phenolic OH excluding ortho intramolecular Hbond substituents is 1. The number of aliphatic imine (C=N–C) groups is 1. The van der Waals surface area contributed by atoms with E-state index in [9.17, 15) is 34.2 Å². The molecule has 0 aromatic heterocycles. The number of carbonyl (C=O) groups excluding carboxylic acids is 4. The maximum atomic E-state index is 13.4. The van der Waals surface area contributed by atoms with E-state index in [0.29, 0.717) is 31.4 Å². The minimum atomic E-state index is -1.63. The Morgan fingerprint density at radius 2 is 1.39 bits per heavy atom. The van der Waals surface area contributed by atoms with Crippen molar-refractivity contribution in [2.24, 2.45) is 33.7 Å². The molecule has 4 amide bonds. The lowest BCUT2D eigenvalue weighted by Gasteiger charge is -2.25. The number of phenols is 1. The van der Waals surface area contributed by atoms with E-state index in [-0.39, 0.29) is 37.5 Å². The number of nitrogens with two attached hydrogens (primary N) is 5. The van der Waals surface area contributed by atoms with Gasteiger partial charge in [-0.2, -0.15) is 0 Å². The first-order chi connectivity index (χ1) is 19.3. The Bertz CT molecular complexity index is 1060. The van der Waals surface area contributed by atoms with Crippen LogP contribution in [0.5, 0.6) is 5.75 Å². The smallest absolute Gasteiger partial charge is 0.326 e. The first-order valence-electron chi connectivity index (χ1n) is 13.0. The highest BCUT2D eigenvalue weighted by molar-refractivity contribution is 5.95. The SMILES string of the molecule is NCCCCC(N)C(=O)NC(Cc1ccc(O)cc1)C(=O)NC(CCCN=C(N)N)C(=O)NC(CC(N)=O)C(=O)O. The zero-order valence-corrected chi connectivity index (χ0v) is 22.8. The van der Waals surface area contributed by atoms with Gasteiger partial charge in [0.2, 0.25) is 23.6 Å². The summed E-state index contributed by atoms with van der Waals surface area (Å²) in [5, 5.41) is 26.3. The molecule has 15 N–H and O–H groups in total. The van der Waals surface area contributed by atoms with Crippen molar-refractivity contribution in [1.29, 1.82) is 0 Å². The number of aliphatic carboxylic acids is 1. The van der Waals surface area contributed by atoms with Crippen LogP contribution in [-0.2, 0) is 30.4 Å². The fraction of sp³-hybridized carbons (Fsp3) is 0.520. The molecular formula is C25H41N9O7. The number of nitrogens with zero attached hydrogens (tertiary/aromatic N) is 1. The third-order valence-electron chi connectivity index (χ3n) is 5.91. The maximum Gasteiger partial charge on any atom is 0.326 e. The third kappa shape index (κ3) is 14.0. The number of nitrogens with one attached hydrogen (secondary N) is 3. The van der Waals surface area contributed by atoms with E-state index in [1.54, 1.807) is 12.1 Å². The molecule has 0 radical (unpaired) electrons. The quantitative estimate of drug-likeness (QED) is 0.0443. The molecule has 228 valence electrons. The van der Waals surface area contributed by atoms with Crippen molar-refractivity contribution in [1.82, 2.24) is 16.0 Å². The standard InChI is InChI=1S/C25H41N9O7/c26-10-2-1-4-16(27)21(37)33-18(12-14-6-8-15(35)9-7-14)23(39)32-17(5-3-11-31-25(29)30)22(38)34-19(24(40)41)13-20(28)36/h6-9,16-19,35H,1-5,10-13,26-27H2,(H2,28,36)(H,32,39)(H,33,37)(H,34,38)(H,40,41)(H4,29,30,31). The topological polar surface area (TPSA) is 304 Å². The van der Waals surface area contributed by atoms with Crippen LogP contribution in [0.1, 0.15) is 44.1 Å². The molecule has 0 aliphatic rings. The van der Waals surface area contributed by atoms with Crippen molar-refractivity contribution in [3.63, 3.8) is 0 Å². The second-order valence-corrected chi connectivity index (χ2v) is 9.40. The minimum Gasteiger partial charge on any atom is -0.508 e. The van der Waals surface area contributed by atoms with Gasteiger partial charge in [-0.05, 0) is 49.9 Å². The fourth-order valence-electron chi connectivity index (χ4n) is 3.71. The summed E-state index contributed by atoms with van der Waals surface area (Å²) in [5.41, 5.74) is 27.8. The van der Waals surface area contributed by atoms with Crippen molar-refractivity contribution in [3.05, 3.63) is 29.8 Å². The molecule has 4 atom stereocenters. The van der Waals surface area contributed by atoms with Crippen LogP contribution in [0.4, 0.5) is 0 Å². The summed E-state index contributed by atoms with van der Waals surface area (Å²) in [6.07, 6.45) is 1.12. The number of carbonyl (C=O) groups is 5. The number of amides is 4. The number of aromatic hydroxyl groups is 1. The molecule has 1 aromatic rings. The summed E-state index contributed by atoms with van der Waals surface area (Å²) >= 11 is 0. The Morgan fingerprint density at radius 3 is 1.95 bits per heavy atom. The lowest BCUT2D eigenvalue weighted by atomic mass is 10.0. The number of unbranched alkanes of at least 4 members (excludes halogenated alkanes) is 1. The fourth-order valence-corrected chi connectivity index (χ4v) is 3.71. The van der Waals surface area contributed by atoms with Crippen molar-refractivity contribution in [3.8, 4) is 5.75 Å². The second-order valence-electron chi connectivity index (χ2n) is 9.40. The van der Waals surface area contributed by atoms with Gasteiger partial charge in [-0.3, -0.25) is 24.2 Å². The van der Waals surface area contributed by atoms with E-state index in [2.05, 4.69) is 20.9 Å². The Hall–Kier alpha value is -4.44. The normalized spacial score (nSPS) is 13.6. The highest BCUT2D eigenvalue weighted by Gasteiger charge is 2.31. The van der Waals surface area contributed by atoms with Gasteiger partial charge in [0.15, 0.2) is 5.96 Å². The monoisotopic (exact) mass is 579 g/mol. The number of carboxylic acid groups (broad SMARTS) is 1. The molecular weight excluding hydrogens is 538 g/mol. The van der Waals surface area contributed by atoms with Crippen LogP contribution in [0.2, 0.25) is 0 Å². The molecule has 41 heavy (non-hydrogen) atoms. The molecule has 0 aliphatic carbocycles. The predicted octanol–water partition coefficient (Wildman–Crippen LogP) is -3.14. The van der Waals surface area contributed by atoms with Crippen LogP contribution in [0.3, 0.4) is 0 Å². The summed E-state index contributed by atoms with van der Waals surface area (Å²) in [5.74, 6) is -4.88. The zero-order chi connectivity index (χ0) is 30.9. The third-order valence-corrected chi connectivity index (χ3v) is 5.91. The van der Waals surface area contributed by atoms with E-state index in [1.165, 1.54) is 12.1 Å². The van der Waals surface area contributed by atoms with Gasteiger partial charge in [0.1, 0.15) is 23.9 Å². The largest absolute Gasteiger partial charge is 0.508 e. The molecule has 16 heteroatoms. The van der Waals surface area contributed by atoms with Gasteiger partial charge in [-0.1, -0.05) is 18.6 Å². The lowest BCUT2D eigenvalue weighted by molar-refractivity contribution is -0.143. The average molecular weight is 580 g/mol. The predicted molar refractivity (Wildman–Crippen MR) is 150 cm³/mol. The Labute approximate surface area is 237 Å². The van der Waals surface area contributed by atoms with Gasteiger partial charge in [0.05, 0.1) is 12.5 Å². The van der Waals surface area contributed by atoms with Gasteiger partial charge in [-0.15, -0.1) is 0 Å². The van der Waals surface area contributed by atoms with E-state index >= 15 is 0 Å². The van der Waals surface area contributed by atoms with Crippen molar-refractivity contribution in [2.45, 2.75) is 69.1 Å². The number of primary amides is 1. The lowest BCUT2D eigenvalue weighted by Crippen LogP contribution is -2.57. The molecule has 0 spiro atoms. The van der Waals surface area contributed by atoms with Gasteiger partial charge in [-0.25, -0.2) is 4.79 Å². The van der Waals surface area contributed by atoms with Crippen LogP contribution in [0, 0.1) is 0 Å². The van der Waals surface area contributed by atoms with Crippen molar-refractivity contribution < 1.29 is 34.2 Å². The first kappa shape index (κ1) is 34.6.